The van der Waals surface area contributed by atoms with Gasteiger partial charge in [-0.2, -0.15) is 4.33 Å². The summed E-state index contributed by atoms with van der Waals surface area (Å²) in [7, 11) is 0.615. The fraction of sp³-hybridized carbons (Fsp3) is 1.00. The van der Waals surface area contributed by atoms with Gasteiger partial charge in [-0.15, -0.1) is 0 Å². The lowest BCUT2D eigenvalue weighted by Gasteiger charge is -1.87. The number of rotatable bonds is 3. The minimum absolute atomic E-state index is 0.615. The molecule has 0 aliphatic rings. The second-order valence-corrected chi connectivity index (χ2v) is 1.05. The average Bonchev–Trinajstić information content (AvgIpc) is 1.61. The molecule has 0 radical (unpaired) electrons. The Balaban J connectivity index is 2.34. The normalized spacial score (nSPS) is 8.33. The molecule has 0 aliphatic heterocycles. The average molecular weight is 106 g/mol. The molecule has 0 spiro atoms. The minimum Gasteiger partial charge on any atom is -0.298 e. The van der Waals surface area contributed by atoms with Crippen LogP contribution in [0.2, 0.25) is 6.32 Å². The molecule has 4 heteroatoms. The van der Waals surface area contributed by atoms with Gasteiger partial charge in [-0.05, 0) is 0 Å². The van der Waals surface area contributed by atoms with Crippen LogP contribution in [-0.4, -0.2) is 7.48 Å². The van der Waals surface area contributed by atoms with Gasteiger partial charge in [0.15, 0.2) is 0 Å². The van der Waals surface area contributed by atoms with E-state index in [2.05, 4.69) is 22.0 Å². The van der Waals surface area contributed by atoms with Crippen molar-refractivity contribution in [3.63, 3.8) is 0 Å². The van der Waals surface area contributed by atoms with E-state index >= 15 is 0 Å². The van der Waals surface area contributed by atoms with E-state index in [-0.39, 0.29) is 0 Å². The van der Waals surface area contributed by atoms with Crippen molar-refractivity contribution < 1.29 is 9.14 Å². The van der Waals surface area contributed by atoms with Gasteiger partial charge in [0, 0.05) is 12.9 Å². The molecule has 0 aromatic carbocycles. The molecule has 0 saturated heterocycles. The SMILES string of the molecule is CCBOOS. The summed E-state index contributed by atoms with van der Waals surface area (Å²) in [5.74, 6) is 0. The summed E-state index contributed by atoms with van der Waals surface area (Å²) in [5, 5.41) is 0. The molecule has 0 aromatic heterocycles. The second-order valence-electron chi connectivity index (χ2n) is 0.897. The third-order valence-electron chi connectivity index (χ3n) is 0.340. The van der Waals surface area contributed by atoms with E-state index in [0.29, 0.717) is 7.48 Å². The van der Waals surface area contributed by atoms with Gasteiger partial charge in [0.2, 0.25) is 0 Å². The van der Waals surface area contributed by atoms with Crippen LogP contribution in [0.4, 0.5) is 0 Å². The first-order chi connectivity index (χ1) is 2.91. The molecule has 0 saturated carbocycles. The lowest BCUT2D eigenvalue weighted by Crippen LogP contribution is -1.89. The fourth-order valence-corrected chi connectivity index (χ4v) is 0.195. The molecule has 0 aliphatic carbocycles. The summed E-state index contributed by atoms with van der Waals surface area (Å²) in [6.07, 6.45) is 0.959. The van der Waals surface area contributed by atoms with Crippen LogP contribution in [0.1, 0.15) is 6.92 Å². The molecule has 36 valence electrons. The Morgan fingerprint density at radius 2 is 2.50 bits per heavy atom. The van der Waals surface area contributed by atoms with Gasteiger partial charge in [-0.25, -0.2) is 0 Å². The molecule has 2 nitrogen and oxygen atoms in total. The van der Waals surface area contributed by atoms with Crippen molar-refractivity contribution in [1.82, 2.24) is 0 Å². The van der Waals surface area contributed by atoms with Gasteiger partial charge in [0.05, 0.1) is 0 Å². The first-order valence-electron chi connectivity index (χ1n) is 1.85. The highest BCUT2D eigenvalue weighted by atomic mass is 32.1. The number of hydrogen-bond acceptors (Lipinski definition) is 3. The first kappa shape index (κ1) is 6.33. The zero-order valence-electron chi connectivity index (χ0n) is 3.68. The standard InChI is InChI=1S/C2H7BO2S/c1-2-3-4-5-6/h3,6H,2H2,1H3. The monoisotopic (exact) mass is 106 g/mol. The largest absolute Gasteiger partial charge is 0.324 e. The van der Waals surface area contributed by atoms with Crippen molar-refractivity contribution in [2.45, 2.75) is 13.2 Å². The highest BCUT2D eigenvalue weighted by Crippen LogP contribution is 1.80. The topological polar surface area (TPSA) is 18.5 Å². The van der Waals surface area contributed by atoms with E-state index in [1.54, 1.807) is 0 Å². The zero-order valence-corrected chi connectivity index (χ0v) is 4.57. The molecule has 0 unspecified atom stereocenters. The van der Waals surface area contributed by atoms with Crippen molar-refractivity contribution in [3.05, 3.63) is 0 Å². The maximum absolute atomic E-state index is 4.35. The molecule has 0 rings (SSSR count). The molecule has 6 heavy (non-hydrogen) atoms. The molecule has 0 bridgehead atoms. The fourth-order valence-electron chi connectivity index (χ4n) is 0.121. The van der Waals surface area contributed by atoms with Gasteiger partial charge >= 0.3 is 7.48 Å². The van der Waals surface area contributed by atoms with Crippen LogP contribution in [0.5, 0.6) is 0 Å². The van der Waals surface area contributed by atoms with Crippen molar-refractivity contribution >= 4 is 20.4 Å². The van der Waals surface area contributed by atoms with Gasteiger partial charge in [-0.1, -0.05) is 13.2 Å². The molecule has 0 atom stereocenters. The zero-order chi connectivity index (χ0) is 4.83. The molecular formula is C2H7BO2S. The molecule has 0 aromatic rings. The Morgan fingerprint density at radius 1 is 1.83 bits per heavy atom. The highest BCUT2D eigenvalue weighted by Gasteiger charge is 1.80. The maximum Gasteiger partial charge on any atom is 0.324 e. The van der Waals surface area contributed by atoms with Crippen LogP contribution in [0.15, 0.2) is 0 Å². The second kappa shape index (κ2) is 5.33. The molecule has 0 N–H and O–H groups in total. The van der Waals surface area contributed by atoms with Crippen LogP contribution in [0.3, 0.4) is 0 Å². The minimum atomic E-state index is 0.615. The van der Waals surface area contributed by atoms with Crippen LogP contribution >= 0.6 is 12.9 Å². The number of thiol groups is 1. The quantitative estimate of drug-likeness (QED) is 0.141. The predicted octanol–water partition coefficient (Wildman–Crippen LogP) is 0.569. The summed E-state index contributed by atoms with van der Waals surface area (Å²) in [4.78, 5) is 4.35. The summed E-state index contributed by atoms with van der Waals surface area (Å²) >= 11 is 3.33. The van der Waals surface area contributed by atoms with E-state index in [4.69, 9.17) is 0 Å². The smallest absolute Gasteiger partial charge is 0.298 e. The Kier molecular flexibility index (Phi) is 5.63. The van der Waals surface area contributed by atoms with Crippen LogP contribution < -0.4 is 0 Å². The van der Waals surface area contributed by atoms with Crippen LogP contribution in [0, 0.1) is 0 Å². The maximum atomic E-state index is 4.35. The molecule has 0 fully saturated rings. The Morgan fingerprint density at radius 3 is 2.67 bits per heavy atom. The Labute approximate surface area is 43.6 Å². The highest BCUT2D eigenvalue weighted by molar-refractivity contribution is 7.75. The lowest BCUT2D eigenvalue weighted by molar-refractivity contribution is -0.0728. The first-order valence-corrected chi connectivity index (χ1v) is 2.21. The third kappa shape index (κ3) is 4.33. The van der Waals surface area contributed by atoms with Crippen molar-refractivity contribution in [1.29, 1.82) is 0 Å². The Hall–Kier alpha value is 0.335. The van der Waals surface area contributed by atoms with Crippen molar-refractivity contribution in [3.8, 4) is 0 Å². The van der Waals surface area contributed by atoms with Gasteiger partial charge < -0.3 is 0 Å². The van der Waals surface area contributed by atoms with Crippen molar-refractivity contribution in [2.75, 3.05) is 0 Å². The van der Waals surface area contributed by atoms with Gasteiger partial charge in [-0.3, -0.25) is 4.81 Å². The van der Waals surface area contributed by atoms with Crippen LogP contribution in [0.25, 0.3) is 0 Å². The summed E-state index contributed by atoms with van der Waals surface area (Å²) in [6.45, 7) is 1.99. The van der Waals surface area contributed by atoms with E-state index in [1.807, 2.05) is 6.92 Å². The summed E-state index contributed by atoms with van der Waals surface area (Å²) in [5.41, 5.74) is 0. The summed E-state index contributed by atoms with van der Waals surface area (Å²) in [6, 6.07) is 0. The van der Waals surface area contributed by atoms with E-state index in [1.165, 1.54) is 0 Å². The van der Waals surface area contributed by atoms with Gasteiger partial charge in [0.25, 0.3) is 0 Å². The molecule has 0 heterocycles. The molecular weight excluding hydrogens is 98.9 g/mol. The van der Waals surface area contributed by atoms with Crippen molar-refractivity contribution in [2.24, 2.45) is 0 Å². The third-order valence-corrected chi connectivity index (χ3v) is 0.446. The van der Waals surface area contributed by atoms with E-state index < -0.39 is 0 Å². The Bertz CT molecular complexity index is 23.5. The van der Waals surface area contributed by atoms with E-state index in [0.717, 1.165) is 6.32 Å². The van der Waals surface area contributed by atoms with E-state index in [9.17, 15) is 0 Å². The number of hydrogen-bond donors (Lipinski definition) is 1. The summed E-state index contributed by atoms with van der Waals surface area (Å²) < 4.78 is 3.98. The van der Waals surface area contributed by atoms with Gasteiger partial charge in [0.1, 0.15) is 0 Å². The molecule has 0 amide bonds. The van der Waals surface area contributed by atoms with Crippen LogP contribution in [-0.2, 0) is 9.14 Å². The lowest BCUT2D eigenvalue weighted by atomic mass is 9.99. The predicted molar refractivity (Wildman–Crippen MR) is 28.8 cm³/mol.